The van der Waals surface area contributed by atoms with Gasteiger partial charge >= 0.3 is 0 Å². The van der Waals surface area contributed by atoms with Gasteiger partial charge in [-0.05, 0) is 49.9 Å². The lowest BCUT2D eigenvalue weighted by Crippen LogP contribution is -2.61. The summed E-state index contributed by atoms with van der Waals surface area (Å²) in [4.78, 5) is 5.52. The lowest BCUT2D eigenvalue weighted by Gasteiger charge is -2.51. The summed E-state index contributed by atoms with van der Waals surface area (Å²) >= 11 is 2.12. The average Bonchev–Trinajstić information content (AvgIpc) is 2.74. The molecule has 0 aromatic rings. The lowest BCUT2D eigenvalue weighted by atomic mass is 9.78. The fourth-order valence-corrected chi connectivity index (χ4v) is 6.15. The van der Waals surface area contributed by atoms with Crippen molar-refractivity contribution in [3.8, 4) is 0 Å². The van der Waals surface area contributed by atoms with E-state index < -0.39 is 0 Å². The normalized spacial score (nSPS) is 39.5. The molecule has 2 atom stereocenters. The monoisotopic (exact) mass is 297 g/mol. The van der Waals surface area contributed by atoms with E-state index in [0.717, 1.165) is 12.6 Å². The van der Waals surface area contributed by atoms with Gasteiger partial charge in [-0.2, -0.15) is 11.8 Å². The highest BCUT2D eigenvalue weighted by molar-refractivity contribution is 7.99. The third kappa shape index (κ3) is 2.90. The molecule has 3 rings (SSSR count). The predicted octanol–water partition coefficient (Wildman–Crippen LogP) is 2.02. The summed E-state index contributed by atoms with van der Waals surface area (Å²) in [5, 5.41) is 0. The van der Waals surface area contributed by atoms with Crippen molar-refractivity contribution in [2.45, 2.75) is 51.1 Å². The summed E-state index contributed by atoms with van der Waals surface area (Å²) in [7, 11) is 0. The van der Waals surface area contributed by atoms with Crippen LogP contribution in [0.2, 0.25) is 0 Å². The number of rotatable bonds is 2. The molecule has 4 heteroatoms. The molecular formula is C16H31N3S. The Morgan fingerprint density at radius 2 is 1.95 bits per heavy atom. The van der Waals surface area contributed by atoms with Gasteiger partial charge in [0.15, 0.2) is 0 Å². The summed E-state index contributed by atoms with van der Waals surface area (Å²) in [6.45, 7) is 10.8. The van der Waals surface area contributed by atoms with E-state index in [1.807, 2.05) is 0 Å². The quantitative estimate of drug-likeness (QED) is 0.845. The topological polar surface area (TPSA) is 32.5 Å². The molecule has 3 fully saturated rings. The molecule has 0 spiro atoms. The largest absolute Gasteiger partial charge is 0.329 e. The van der Waals surface area contributed by atoms with E-state index in [4.69, 9.17) is 5.73 Å². The van der Waals surface area contributed by atoms with Crippen molar-refractivity contribution in [1.29, 1.82) is 0 Å². The summed E-state index contributed by atoms with van der Waals surface area (Å²) in [5.74, 6) is 2.53. The van der Waals surface area contributed by atoms with Crippen LogP contribution in [0.15, 0.2) is 0 Å². The molecule has 3 aliphatic rings. The molecule has 20 heavy (non-hydrogen) atoms. The van der Waals surface area contributed by atoms with Gasteiger partial charge in [-0.3, -0.25) is 9.80 Å². The van der Waals surface area contributed by atoms with Gasteiger partial charge < -0.3 is 5.73 Å². The van der Waals surface area contributed by atoms with Gasteiger partial charge in [0.05, 0.1) is 0 Å². The maximum absolute atomic E-state index is 6.31. The number of hydrogen-bond donors (Lipinski definition) is 1. The number of nitrogens with zero attached hydrogens (tertiary/aromatic N) is 2. The Balaban J connectivity index is 1.77. The van der Waals surface area contributed by atoms with E-state index >= 15 is 0 Å². The van der Waals surface area contributed by atoms with Crippen molar-refractivity contribution in [1.82, 2.24) is 9.80 Å². The molecule has 3 nitrogen and oxygen atoms in total. The highest BCUT2D eigenvalue weighted by Crippen LogP contribution is 2.42. The predicted molar refractivity (Wildman–Crippen MR) is 88.3 cm³/mol. The average molecular weight is 298 g/mol. The standard InChI is InChI=1S/C16H31N3S/c1-15(2)10-16(11-17,13-20-12-15)19-8-4-7-18-6-3-5-14(18)9-19/h14H,3-13,17H2,1-2H3. The van der Waals surface area contributed by atoms with Crippen molar-refractivity contribution >= 4 is 11.8 Å². The molecule has 0 saturated carbocycles. The summed E-state index contributed by atoms with van der Waals surface area (Å²) in [6, 6.07) is 0.802. The Hall–Kier alpha value is 0.230. The van der Waals surface area contributed by atoms with Crippen LogP contribution in [0.4, 0.5) is 0 Å². The molecule has 3 heterocycles. The lowest BCUT2D eigenvalue weighted by molar-refractivity contribution is 0.0619. The van der Waals surface area contributed by atoms with Gasteiger partial charge in [0.2, 0.25) is 0 Å². The number of hydrogen-bond acceptors (Lipinski definition) is 4. The first-order valence-corrected chi connectivity index (χ1v) is 9.47. The second-order valence-corrected chi connectivity index (χ2v) is 8.88. The Bertz CT molecular complexity index is 347. The zero-order chi connectivity index (χ0) is 14.2. The highest BCUT2D eigenvalue weighted by atomic mass is 32.2. The zero-order valence-corrected chi connectivity index (χ0v) is 14.1. The van der Waals surface area contributed by atoms with Gasteiger partial charge in [-0.15, -0.1) is 0 Å². The zero-order valence-electron chi connectivity index (χ0n) is 13.2. The summed E-state index contributed by atoms with van der Waals surface area (Å²) in [5.41, 5.74) is 7.00. The fourth-order valence-electron chi connectivity index (χ4n) is 4.61. The maximum atomic E-state index is 6.31. The van der Waals surface area contributed by atoms with Crippen LogP contribution in [0.5, 0.6) is 0 Å². The Morgan fingerprint density at radius 3 is 2.70 bits per heavy atom. The minimum Gasteiger partial charge on any atom is -0.329 e. The molecule has 0 bridgehead atoms. The first kappa shape index (κ1) is 15.1. The molecule has 0 amide bonds. The molecule has 116 valence electrons. The number of nitrogens with two attached hydrogens (primary N) is 1. The molecule has 0 aliphatic carbocycles. The van der Waals surface area contributed by atoms with Crippen molar-refractivity contribution in [2.24, 2.45) is 11.1 Å². The maximum Gasteiger partial charge on any atom is 0.0427 e. The molecule has 0 aromatic heterocycles. The van der Waals surface area contributed by atoms with E-state index in [0.29, 0.717) is 5.41 Å². The van der Waals surface area contributed by atoms with Crippen molar-refractivity contribution in [2.75, 3.05) is 44.2 Å². The third-order valence-corrected chi connectivity index (χ3v) is 7.25. The van der Waals surface area contributed by atoms with Gasteiger partial charge in [0.25, 0.3) is 0 Å². The van der Waals surface area contributed by atoms with Crippen LogP contribution in [0.25, 0.3) is 0 Å². The molecule has 0 radical (unpaired) electrons. The highest BCUT2D eigenvalue weighted by Gasteiger charge is 2.45. The van der Waals surface area contributed by atoms with E-state index in [-0.39, 0.29) is 5.54 Å². The van der Waals surface area contributed by atoms with Crippen molar-refractivity contribution < 1.29 is 0 Å². The minimum absolute atomic E-state index is 0.255. The van der Waals surface area contributed by atoms with Crippen LogP contribution < -0.4 is 5.73 Å². The number of fused-ring (bicyclic) bond motifs is 1. The Labute approximate surface area is 128 Å². The molecule has 3 saturated heterocycles. The van der Waals surface area contributed by atoms with Gasteiger partial charge in [-0.1, -0.05) is 13.8 Å². The van der Waals surface area contributed by atoms with E-state index in [9.17, 15) is 0 Å². The third-order valence-electron chi connectivity index (χ3n) is 5.53. The van der Waals surface area contributed by atoms with Gasteiger partial charge in [-0.25, -0.2) is 0 Å². The van der Waals surface area contributed by atoms with Crippen LogP contribution >= 0.6 is 11.8 Å². The molecule has 2 unspecified atom stereocenters. The van der Waals surface area contributed by atoms with Gasteiger partial charge in [0.1, 0.15) is 0 Å². The Morgan fingerprint density at radius 1 is 1.15 bits per heavy atom. The second kappa shape index (κ2) is 5.79. The SMILES string of the molecule is CC1(C)CSCC(CN)(N2CCCN3CCCC3C2)C1. The van der Waals surface area contributed by atoms with Crippen LogP contribution in [-0.2, 0) is 0 Å². The van der Waals surface area contributed by atoms with Gasteiger partial charge in [0, 0.05) is 37.0 Å². The minimum atomic E-state index is 0.255. The first-order valence-electron chi connectivity index (χ1n) is 8.32. The van der Waals surface area contributed by atoms with E-state index in [1.165, 1.54) is 63.4 Å². The Kier molecular flexibility index (Phi) is 4.38. The molecule has 2 N–H and O–H groups in total. The summed E-state index contributed by atoms with van der Waals surface area (Å²) < 4.78 is 0. The molecular weight excluding hydrogens is 266 g/mol. The van der Waals surface area contributed by atoms with Crippen LogP contribution in [0.1, 0.15) is 39.5 Å². The number of thioether (sulfide) groups is 1. The van der Waals surface area contributed by atoms with Crippen molar-refractivity contribution in [3.05, 3.63) is 0 Å². The summed E-state index contributed by atoms with van der Waals surface area (Å²) in [6.07, 6.45) is 5.39. The van der Waals surface area contributed by atoms with E-state index in [2.05, 4.69) is 35.4 Å². The van der Waals surface area contributed by atoms with E-state index in [1.54, 1.807) is 0 Å². The first-order chi connectivity index (χ1) is 9.55. The molecule has 0 aromatic carbocycles. The van der Waals surface area contributed by atoms with Crippen LogP contribution in [0.3, 0.4) is 0 Å². The smallest absolute Gasteiger partial charge is 0.0427 e. The fraction of sp³-hybridized carbons (Fsp3) is 1.00. The molecule has 3 aliphatic heterocycles. The van der Waals surface area contributed by atoms with Crippen LogP contribution in [-0.4, -0.2) is 65.6 Å². The van der Waals surface area contributed by atoms with Crippen molar-refractivity contribution in [3.63, 3.8) is 0 Å². The van der Waals surface area contributed by atoms with Crippen LogP contribution in [0, 0.1) is 5.41 Å². The second-order valence-electron chi connectivity index (χ2n) is 7.89.